The number of carbonyl (C=O) groups excluding carboxylic acids is 3. The quantitative estimate of drug-likeness (QED) is 0.490. The molecule has 5 aliphatic carbocycles. The van der Waals surface area contributed by atoms with Gasteiger partial charge in [0.05, 0.1) is 18.6 Å². The molecule has 0 aliphatic heterocycles. The molecule has 0 aromatic rings. The average molecular weight is 456 g/mol. The van der Waals surface area contributed by atoms with Crippen molar-refractivity contribution < 1.29 is 24.2 Å². The van der Waals surface area contributed by atoms with Gasteiger partial charge in [0.15, 0.2) is 0 Å². The van der Waals surface area contributed by atoms with Crippen LogP contribution >= 0.6 is 0 Å². The Hall–Kier alpha value is -1.95. The van der Waals surface area contributed by atoms with E-state index in [0.29, 0.717) is 25.7 Å². The number of rotatable bonds is 5. The van der Waals surface area contributed by atoms with Crippen molar-refractivity contribution in [3.8, 4) is 0 Å². The second-order valence-electron chi connectivity index (χ2n) is 11.7. The maximum absolute atomic E-state index is 14.2. The first-order chi connectivity index (χ1) is 15.5. The molecule has 0 heterocycles. The molecule has 180 valence electrons. The molecule has 5 aliphatic rings. The Morgan fingerprint density at radius 3 is 2.76 bits per heavy atom. The zero-order chi connectivity index (χ0) is 23.9. The van der Waals surface area contributed by atoms with E-state index < -0.39 is 34.4 Å². The minimum atomic E-state index is -0.939. The molecule has 4 saturated carbocycles. The predicted molar refractivity (Wildman–Crippen MR) is 123 cm³/mol. The summed E-state index contributed by atoms with van der Waals surface area (Å²) in [6.07, 6.45) is 7.07. The van der Waals surface area contributed by atoms with E-state index in [1.54, 1.807) is 0 Å². The Bertz CT molecular complexity index is 970. The zero-order valence-corrected chi connectivity index (χ0v) is 20.3. The number of methoxy groups -OCH3 is 1. The minimum absolute atomic E-state index is 0.0760. The Labute approximate surface area is 196 Å². The van der Waals surface area contributed by atoms with Gasteiger partial charge in [0.25, 0.3) is 0 Å². The first-order valence-electron chi connectivity index (χ1n) is 12.6. The lowest BCUT2D eigenvalue weighted by Gasteiger charge is -2.54. The lowest BCUT2D eigenvalue weighted by molar-refractivity contribution is -0.157. The summed E-state index contributed by atoms with van der Waals surface area (Å²) in [6.45, 7) is 10.2. The van der Waals surface area contributed by atoms with Crippen molar-refractivity contribution >= 4 is 17.7 Å². The van der Waals surface area contributed by atoms with E-state index >= 15 is 0 Å². The van der Waals surface area contributed by atoms with E-state index in [4.69, 9.17) is 4.74 Å². The van der Waals surface area contributed by atoms with E-state index in [1.807, 2.05) is 13.8 Å². The van der Waals surface area contributed by atoms with Crippen LogP contribution in [0, 0.1) is 40.4 Å². The zero-order valence-electron chi connectivity index (χ0n) is 20.3. The highest BCUT2D eigenvalue weighted by atomic mass is 16.5. The predicted octanol–water partition coefficient (Wildman–Crippen LogP) is 3.34. The summed E-state index contributed by atoms with van der Waals surface area (Å²) >= 11 is 0. The smallest absolute Gasteiger partial charge is 0.328 e. The Morgan fingerprint density at radius 2 is 2.12 bits per heavy atom. The van der Waals surface area contributed by atoms with Crippen LogP contribution in [0.25, 0.3) is 0 Å². The third kappa shape index (κ3) is 2.79. The van der Waals surface area contributed by atoms with Crippen molar-refractivity contribution in [3.05, 3.63) is 23.8 Å². The lowest BCUT2D eigenvalue weighted by atomic mass is 9.48. The third-order valence-corrected chi connectivity index (χ3v) is 10.5. The lowest BCUT2D eigenvalue weighted by Crippen LogP contribution is -2.59. The van der Waals surface area contributed by atoms with Gasteiger partial charge in [0.2, 0.25) is 5.91 Å². The van der Waals surface area contributed by atoms with Crippen LogP contribution in [-0.2, 0) is 19.1 Å². The van der Waals surface area contributed by atoms with Crippen LogP contribution in [0.15, 0.2) is 23.8 Å². The van der Waals surface area contributed by atoms with Crippen LogP contribution in [0.5, 0.6) is 0 Å². The van der Waals surface area contributed by atoms with E-state index in [-0.39, 0.29) is 35.4 Å². The van der Waals surface area contributed by atoms with Crippen molar-refractivity contribution in [1.29, 1.82) is 0 Å². The monoisotopic (exact) mass is 455 g/mol. The molecular weight excluding hydrogens is 418 g/mol. The Morgan fingerprint density at radius 1 is 1.39 bits per heavy atom. The van der Waals surface area contributed by atoms with Gasteiger partial charge < -0.3 is 15.2 Å². The number of Topliss-reactive ketones (excluding diaryl/α,β-unsaturated/α-hetero) is 1. The average Bonchev–Trinajstić information content (AvgIpc) is 3.18. The second-order valence-corrected chi connectivity index (χ2v) is 11.7. The van der Waals surface area contributed by atoms with Crippen LogP contribution in [0.3, 0.4) is 0 Å². The number of ether oxygens (including phenoxy) is 1. The first-order valence-corrected chi connectivity index (χ1v) is 12.6. The molecule has 2 N–H and O–H groups in total. The first kappa shape index (κ1) is 22.8. The normalized spacial score (nSPS) is 44.6. The van der Waals surface area contributed by atoms with Gasteiger partial charge in [-0.2, -0.15) is 0 Å². The summed E-state index contributed by atoms with van der Waals surface area (Å²) in [6, 6.07) is -0.730. The highest BCUT2D eigenvalue weighted by Gasteiger charge is 2.74. The molecule has 33 heavy (non-hydrogen) atoms. The highest BCUT2D eigenvalue weighted by Crippen LogP contribution is 2.75. The van der Waals surface area contributed by atoms with Gasteiger partial charge in [-0.1, -0.05) is 45.4 Å². The van der Waals surface area contributed by atoms with Gasteiger partial charge in [0, 0.05) is 17.8 Å². The number of hydrogen-bond acceptors (Lipinski definition) is 5. The van der Waals surface area contributed by atoms with Crippen LogP contribution in [0.4, 0.5) is 0 Å². The molecule has 6 nitrogen and oxygen atoms in total. The molecule has 0 aromatic heterocycles. The number of allylic oxidation sites excluding steroid dienone is 2. The number of nitrogens with one attached hydrogen (secondary N) is 1. The molecule has 0 aromatic carbocycles. The van der Waals surface area contributed by atoms with Crippen molar-refractivity contribution in [1.82, 2.24) is 5.32 Å². The SMILES string of the molecule is C=C1C[C@]23C[C@@]1(O)CC[C@H]2C1=CC[C@@H]2CC(=O)[C@@]2(C)[C@H]1[C@@H]3C(=O)N[C@H](C(=O)OC)[C@@H](C)CC. The minimum Gasteiger partial charge on any atom is -0.467 e. The van der Waals surface area contributed by atoms with Crippen molar-refractivity contribution in [3.63, 3.8) is 0 Å². The second kappa shape index (κ2) is 7.27. The number of fused-ring (bicyclic) bond motifs is 5. The van der Waals surface area contributed by atoms with Gasteiger partial charge in [-0.3, -0.25) is 9.59 Å². The van der Waals surface area contributed by atoms with Gasteiger partial charge in [-0.25, -0.2) is 4.79 Å². The molecule has 5 rings (SSSR count). The summed E-state index contributed by atoms with van der Waals surface area (Å²) in [5, 5.41) is 14.4. The fraction of sp³-hybridized carbons (Fsp3) is 0.741. The van der Waals surface area contributed by atoms with Crippen molar-refractivity contribution in [2.45, 2.75) is 77.4 Å². The maximum atomic E-state index is 14.2. The molecule has 0 saturated heterocycles. The van der Waals surface area contributed by atoms with Crippen LogP contribution < -0.4 is 5.32 Å². The number of aliphatic hydroxyl groups is 1. The summed E-state index contributed by atoms with van der Waals surface area (Å²) in [4.78, 5) is 39.8. The van der Waals surface area contributed by atoms with Crippen LogP contribution in [0.2, 0.25) is 0 Å². The number of amides is 1. The van der Waals surface area contributed by atoms with E-state index in [0.717, 1.165) is 24.8 Å². The number of ketones is 1. The molecule has 1 amide bonds. The topological polar surface area (TPSA) is 92.7 Å². The number of esters is 1. The fourth-order valence-electron chi connectivity index (χ4n) is 8.35. The summed E-state index contributed by atoms with van der Waals surface area (Å²) in [5.74, 6) is -0.653. The summed E-state index contributed by atoms with van der Waals surface area (Å²) < 4.78 is 5.02. The molecule has 1 spiro atoms. The molecular formula is C27H37NO5. The van der Waals surface area contributed by atoms with Crippen molar-refractivity contribution in [2.24, 2.45) is 40.4 Å². The summed E-state index contributed by atoms with van der Waals surface area (Å²) in [5.41, 5.74) is 0.129. The Balaban J connectivity index is 1.60. The van der Waals surface area contributed by atoms with Gasteiger partial charge in [-0.05, 0) is 60.8 Å². The largest absolute Gasteiger partial charge is 0.467 e. The highest BCUT2D eigenvalue weighted by molar-refractivity contribution is 5.95. The molecule has 0 unspecified atom stereocenters. The maximum Gasteiger partial charge on any atom is 0.328 e. The molecule has 0 radical (unpaired) electrons. The molecule has 2 bridgehead atoms. The van der Waals surface area contributed by atoms with Gasteiger partial charge >= 0.3 is 5.97 Å². The van der Waals surface area contributed by atoms with Crippen LogP contribution in [0.1, 0.15) is 65.7 Å². The number of carbonyl (C=O) groups is 3. The third-order valence-electron chi connectivity index (χ3n) is 10.5. The molecule has 4 fully saturated rings. The standard InChI is InChI=1S/C27H37NO5/c1-6-14(2)22(24(31)33-5)28-23(30)21-20-17(8-7-16-11-19(29)25(16,20)4)18-9-10-27(32)13-26(18,21)12-15(27)3/h8,14,16,18,20-22,32H,3,6-7,9-13H2,1-2,4-5H3,(H,28,30)/t14-,16+,18-,20+,21+,22-,25-,26-,27-/m0/s1. The molecule has 6 heteroatoms. The van der Waals surface area contributed by atoms with Crippen LogP contribution in [-0.4, -0.2) is 41.5 Å². The fourth-order valence-corrected chi connectivity index (χ4v) is 8.35. The van der Waals surface area contributed by atoms with Crippen molar-refractivity contribution in [2.75, 3.05) is 7.11 Å². The van der Waals surface area contributed by atoms with Gasteiger partial charge in [0.1, 0.15) is 11.8 Å². The molecule has 9 atom stereocenters. The van der Waals surface area contributed by atoms with E-state index in [9.17, 15) is 19.5 Å². The van der Waals surface area contributed by atoms with E-state index in [2.05, 4.69) is 24.9 Å². The number of hydrogen-bond donors (Lipinski definition) is 2. The van der Waals surface area contributed by atoms with E-state index in [1.165, 1.54) is 12.7 Å². The summed E-state index contributed by atoms with van der Waals surface area (Å²) in [7, 11) is 1.34. The Kier molecular flexibility index (Phi) is 5.03. The van der Waals surface area contributed by atoms with Gasteiger partial charge in [-0.15, -0.1) is 0 Å².